The molecule has 0 aliphatic carbocycles. The van der Waals surface area contributed by atoms with Gasteiger partial charge in [-0.25, -0.2) is 9.48 Å². The van der Waals surface area contributed by atoms with Crippen molar-refractivity contribution >= 4 is 12.3 Å². The SMILES string of the molecule is CCOC(=O)c1ccc(-n2cccn2)cc1-c1ccc(C=O)o1. The zero-order valence-corrected chi connectivity index (χ0v) is 12.4. The number of benzene rings is 1. The molecular formula is C17H14N2O4. The first-order valence-electron chi connectivity index (χ1n) is 7.09. The predicted molar refractivity (Wildman–Crippen MR) is 82.6 cm³/mol. The maximum Gasteiger partial charge on any atom is 0.338 e. The van der Waals surface area contributed by atoms with Gasteiger partial charge in [0.2, 0.25) is 0 Å². The van der Waals surface area contributed by atoms with Gasteiger partial charge in [-0.05, 0) is 43.3 Å². The van der Waals surface area contributed by atoms with Crippen molar-refractivity contribution in [1.82, 2.24) is 9.78 Å². The summed E-state index contributed by atoms with van der Waals surface area (Å²) >= 11 is 0. The molecule has 2 aromatic heterocycles. The molecule has 0 N–H and O–H groups in total. The molecule has 6 heteroatoms. The van der Waals surface area contributed by atoms with Crippen LogP contribution in [-0.2, 0) is 4.74 Å². The van der Waals surface area contributed by atoms with Crippen molar-refractivity contribution in [2.45, 2.75) is 6.92 Å². The molecule has 0 saturated carbocycles. The number of ether oxygens (including phenoxy) is 1. The Hall–Kier alpha value is -3.15. The van der Waals surface area contributed by atoms with E-state index in [1.54, 1.807) is 60.4 Å². The van der Waals surface area contributed by atoms with Crippen LogP contribution in [0.5, 0.6) is 0 Å². The number of hydrogen-bond donors (Lipinski definition) is 0. The molecule has 0 aliphatic heterocycles. The minimum Gasteiger partial charge on any atom is -0.462 e. The summed E-state index contributed by atoms with van der Waals surface area (Å²) in [7, 11) is 0. The molecule has 0 fully saturated rings. The van der Waals surface area contributed by atoms with Gasteiger partial charge in [-0.2, -0.15) is 5.10 Å². The number of rotatable bonds is 5. The summed E-state index contributed by atoms with van der Waals surface area (Å²) in [6.07, 6.45) is 4.07. The summed E-state index contributed by atoms with van der Waals surface area (Å²) in [6.45, 7) is 2.02. The highest BCUT2D eigenvalue weighted by molar-refractivity contribution is 5.97. The number of hydrogen-bond acceptors (Lipinski definition) is 5. The zero-order chi connectivity index (χ0) is 16.2. The van der Waals surface area contributed by atoms with Gasteiger partial charge >= 0.3 is 5.97 Å². The first kappa shape index (κ1) is 14.8. The van der Waals surface area contributed by atoms with E-state index < -0.39 is 5.97 Å². The predicted octanol–water partition coefficient (Wildman–Crippen LogP) is 3.12. The van der Waals surface area contributed by atoms with Crippen LogP contribution in [0.4, 0.5) is 0 Å². The number of furan rings is 1. The molecule has 1 aromatic carbocycles. The lowest BCUT2D eigenvalue weighted by molar-refractivity contribution is 0.0527. The summed E-state index contributed by atoms with van der Waals surface area (Å²) in [4.78, 5) is 23.0. The Kier molecular flexibility index (Phi) is 4.05. The van der Waals surface area contributed by atoms with Crippen LogP contribution in [0.2, 0.25) is 0 Å². The van der Waals surface area contributed by atoms with E-state index in [4.69, 9.17) is 9.15 Å². The largest absolute Gasteiger partial charge is 0.462 e. The fourth-order valence-electron chi connectivity index (χ4n) is 2.25. The number of carbonyl (C=O) groups excluding carboxylic acids is 2. The maximum atomic E-state index is 12.2. The number of nitrogens with zero attached hydrogens (tertiary/aromatic N) is 2. The fraction of sp³-hybridized carbons (Fsp3) is 0.118. The summed E-state index contributed by atoms with van der Waals surface area (Å²) in [5.74, 6) is 0.169. The molecule has 0 bridgehead atoms. The summed E-state index contributed by atoms with van der Waals surface area (Å²) in [5, 5.41) is 4.17. The third kappa shape index (κ3) is 2.91. The molecule has 3 rings (SSSR count). The Morgan fingerprint density at radius 1 is 1.35 bits per heavy atom. The molecule has 0 atom stereocenters. The van der Waals surface area contributed by atoms with Crippen LogP contribution in [0.25, 0.3) is 17.0 Å². The lowest BCUT2D eigenvalue weighted by Crippen LogP contribution is -2.07. The smallest absolute Gasteiger partial charge is 0.338 e. The Bertz CT molecular complexity index is 834. The Morgan fingerprint density at radius 2 is 2.22 bits per heavy atom. The molecule has 6 nitrogen and oxygen atoms in total. The molecule has 116 valence electrons. The fourth-order valence-corrected chi connectivity index (χ4v) is 2.25. The molecule has 0 unspecified atom stereocenters. The maximum absolute atomic E-state index is 12.2. The first-order valence-corrected chi connectivity index (χ1v) is 7.09. The van der Waals surface area contributed by atoms with Gasteiger partial charge in [0.1, 0.15) is 5.76 Å². The normalized spacial score (nSPS) is 10.5. The van der Waals surface area contributed by atoms with E-state index in [1.165, 1.54) is 0 Å². The minimum atomic E-state index is -0.446. The number of esters is 1. The van der Waals surface area contributed by atoms with Gasteiger partial charge in [0.25, 0.3) is 0 Å². The average molecular weight is 310 g/mol. The van der Waals surface area contributed by atoms with Crippen LogP contribution in [0.1, 0.15) is 27.8 Å². The Morgan fingerprint density at radius 3 is 2.87 bits per heavy atom. The molecule has 0 amide bonds. The van der Waals surface area contributed by atoms with Gasteiger partial charge in [-0.3, -0.25) is 4.79 Å². The third-order valence-corrected chi connectivity index (χ3v) is 3.28. The van der Waals surface area contributed by atoms with Gasteiger partial charge < -0.3 is 9.15 Å². The van der Waals surface area contributed by atoms with Gasteiger partial charge in [-0.1, -0.05) is 0 Å². The third-order valence-electron chi connectivity index (χ3n) is 3.28. The van der Waals surface area contributed by atoms with Crippen molar-refractivity contribution in [3.63, 3.8) is 0 Å². The second kappa shape index (κ2) is 6.31. The Labute approximate surface area is 132 Å². The average Bonchev–Trinajstić information content (AvgIpc) is 3.26. The van der Waals surface area contributed by atoms with Crippen LogP contribution in [0, 0.1) is 0 Å². The zero-order valence-electron chi connectivity index (χ0n) is 12.4. The van der Waals surface area contributed by atoms with Crippen molar-refractivity contribution in [1.29, 1.82) is 0 Å². The van der Waals surface area contributed by atoms with Crippen LogP contribution in [0.15, 0.2) is 53.2 Å². The van der Waals surface area contributed by atoms with E-state index in [2.05, 4.69) is 5.10 Å². The second-order valence-electron chi connectivity index (χ2n) is 4.72. The summed E-state index contributed by atoms with van der Waals surface area (Å²) < 4.78 is 12.2. The molecule has 0 radical (unpaired) electrons. The van der Waals surface area contributed by atoms with Crippen LogP contribution in [0.3, 0.4) is 0 Å². The Balaban J connectivity index is 2.12. The van der Waals surface area contributed by atoms with Crippen molar-refractivity contribution < 1.29 is 18.7 Å². The topological polar surface area (TPSA) is 74.3 Å². The van der Waals surface area contributed by atoms with Gasteiger partial charge in [0.15, 0.2) is 12.0 Å². The lowest BCUT2D eigenvalue weighted by atomic mass is 10.0. The first-order chi connectivity index (χ1) is 11.2. The molecule has 0 saturated heterocycles. The van der Waals surface area contributed by atoms with Gasteiger partial charge in [0.05, 0.1) is 17.9 Å². The van der Waals surface area contributed by atoms with Crippen molar-refractivity contribution in [2.24, 2.45) is 0 Å². The van der Waals surface area contributed by atoms with E-state index in [9.17, 15) is 9.59 Å². The molecule has 0 aliphatic rings. The molecule has 0 spiro atoms. The van der Waals surface area contributed by atoms with Gasteiger partial charge in [-0.15, -0.1) is 0 Å². The van der Waals surface area contributed by atoms with Crippen LogP contribution < -0.4 is 0 Å². The highest BCUT2D eigenvalue weighted by atomic mass is 16.5. The van der Waals surface area contributed by atoms with E-state index in [0.717, 1.165) is 5.69 Å². The highest BCUT2D eigenvalue weighted by Crippen LogP contribution is 2.28. The van der Waals surface area contributed by atoms with E-state index in [-0.39, 0.29) is 12.4 Å². The standard InChI is InChI=1S/C17H14N2O4/c1-2-22-17(21)14-6-4-12(19-9-3-8-18-19)10-15(14)16-7-5-13(11-20)23-16/h3-11H,2H2,1H3. The van der Waals surface area contributed by atoms with Crippen molar-refractivity contribution in [3.8, 4) is 17.0 Å². The summed E-state index contributed by atoms with van der Waals surface area (Å²) in [5.41, 5.74) is 1.68. The quantitative estimate of drug-likeness (QED) is 0.534. The van der Waals surface area contributed by atoms with E-state index in [1.807, 2.05) is 0 Å². The van der Waals surface area contributed by atoms with Crippen LogP contribution in [-0.4, -0.2) is 28.6 Å². The number of aromatic nitrogens is 2. The van der Waals surface area contributed by atoms with Crippen molar-refractivity contribution in [3.05, 3.63) is 60.1 Å². The van der Waals surface area contributed by atoms with E-state index >= 15 is 0 Å². The number of carbonyl (C=O) groups is 2. The minimum absolute atomic E-state index is 0.194. The molecule has 3 aromatic rings. The second-order valence-corrected chi connectivity index (χ2v) is 4.72. The monoisotopic (exact) mass is 310 g/mol. The lowest BCUT2D eigenvalue weighted by Gasteiger charge is -2.10. The summed E-state index contributed by atoms with van der Waals surface area (Å²) in [6, 6.07) is 10.2. The van der Waals surface area contributed by atoms with E-state index in [0.29, 0.717) is 23.2 Å². The van der Waals surface area contributed by atoms with Crippen LogP contribution >= 0.6 is 0 Å². The van der Waals surface area contributed by atoms with Gasteiger partial charge in [0, 0.05) is 18.0 Å². The molecule has 2 heterocycles. The van der Waals surface area contributed by atoms with Crippen molar-refractivity contribution in [2.75, 3.05) is 6.61 Å². The highest BCUT2D eigenvalue weighted by Gasteiger charge is 2.18. The molecular weight excluding hydrogens is 296 g/mol. The number of aldehydes is 1. The molecule has 23 heavy (non-hydrogen) atoms.